The molecule has 2 heterocycles. The summed E-state index contributed by atoms with van der Waals surface area (Å²) < 4.78 is 5.24. The van der Waals surface area contributed by atoms with Crippen LogP contribution in [-0.4, -0.2) is 4.98 Å². The molecule has 0 radical (unpaired) electrons. The van der Waals surface area contributed by atoms with Crippen molar-refractivity contribution in [3.8, 4) is 0 Å². The maximum absolute atomic E-state index is 5.24. The third kappa shape index (κ3) is 1.32. The van der Waals surface area contributed by atoms with Gasteiger partial charge >= 0.3 is 0 Å². The SMILES string of the molecule is CC(C)(C)c1ccnc2occc12. The van der Waals surface area contributed by atoms with Gasteiger partial charge in [0, 0.05) is 11.6 Å². The second-order valence-electron chi connectivity index (χ2n) is 4.25. The Labute approximate surface area is 77.6 Å². The lowest BCUT2D eigenvalue weighted by Gasteiger charge is -2.19. The molecule has 2 aromatic rings. The fourth-order valence-corrected chi connectivity index (χ4v) is 1.53. The Balaban J connectivity index is 2.75. The van der Waals surface area contributed by atoms with Gasteiger partial charge in [-0.15, -0.1) is 0 Å². The largest absolute Gasteiger partial charge is 0.446 e. The lowest BCUT2D eigenvalue weighted by Crippen LogP contribution is -2.11. The molecule has 0 aliphatic heterocycles. The molecule has 2 nitrogen and oxygen atoms in total. The molecule has 68 valence electrons. The van der Waals surface area contributed by atoms with E-state index in [4.69, 9.17) is 4.42 Å². The highest BCUT2D eigenvalue weighted by molar-refractivity contribution is 5.78. The Hall–Kier alpha value is -1.31. The van der Waals surface area contributed by atoms with E-state index in [0.717, 1.165) is 11.1 Å². The van der Waals surface area contributed by atoms with Crippen molar-refractivity contribution in [1.29, 1.82) is 0 Å². The second-order valence-corrected chi connectivity index (χ2v) is 4.25. The number of hydrogen-bond donors (Lipinski definition) is 0. The van der Waals surface area contributed by atoms with E-state index in [0.29, 0.717) is 0 Å². The molecular formula is C11H13NO. The third-order valence-corrected chi connectivity index (χ3v) is 2.18. The minimum absolute atomic E-state index is 0.144. The molecule has 0 saturated heterocycles. The van der Waals surface area contributed by atoms with Gasteiger partial charge in [-0.1, -0.05) is 20.8 Å². The summed E-state index contributed by atoms with van der Waals surface area (Å²) >= 11 is 0. The van der Waals surface area contributed by atoms with Crippen LogP contribution >= 0.6 is 0 Å². The minimum Gasteiger partial charge on any atom is -0.446 e. The first-order valence-corrected chi connectivity index (χ1v) is 4.42. The van der Waals surface area contributed by atoms with E-state index in [1.165, 1.54) is 5.56 Å². The van der Waals surface area contributed by atoms with Gasteiger partial charge in [-0.3, -0.25) is 0 Å². The van der Waals surface area contributed by atoms with Crippen LogP contribution in [0.2, 0.25) is 0 Å². The smallest absolute Gasteiger partial charge is 0.226 e. The summed E-state index contributed by atoms with van der Waals surface area (Å²) in [6.45, 7) is 6.57. The summed E-state index contributed by atoms with van der Waals surface area (Å²) in [5.74, 6) is 0. The predicted molar refractivity (Wildman–Crippen MR) is 52.7 cm³/mol. The zero-order valence-corrected chi connectivity index (χ0v) is 8.16. The van der Waals surface area contributed by atoms with Crippen molar-refractivity contribution in [1.82, 2.24) is 4.98 Å². The van der Waals surface area contributed by atoms with Crippen molar-refractivity contribution in [3.63, 3.8) is 0 Å². The summed E-state index contributed by atoms with van der Waals surface area (Å²) in [5.41, 5.74) is 2.16. The third-order valence-electron chi connectivity index (χ3n) is 2.18. The number of hydrogen-bond acceptors (Lipinski definition) is 2. The molecule has 0 atom stereocenters. The van der Waals surface area contributed by atoms with E-state index < -0.39 is 0 Å². The van der Waals surface area contributed by atoms with Crippen molar-refractivity contribution in [3.05, 3.63) is 30.2 Å². The van der Waals surface area contributed by atoms with Crippen LogP contribution in [0.1, 0.15) is 26.3 Å². The zero-order valence-electron chi connectivity index (χ0n) is 8.16. The summed E-state index contributed by atoms with van der Waals surface area (Å²) in [6.07, 6.45) is 3.49. The summed E-state index contributed by atoms with van der Waals surface area (Å²) in [5, 5.41) is 1.12. The highest BCUT2D eigenvalue weighted by Crippen LogP contribution is 2.28. The van der Waals surface area contributed by atoms with Gasteiger partial charge in [-0.25, -0.2) is 4.98 Å². The van der Waals surface area contributed by atoms with Gasteiger partial charge in [0.05, 0.1) is 6.26 Å². The average Bonchev–Trinajstić information content (AvgIpc) is 2.48. The first kappa shape index (κ1) is 8.30. The van der Waals surface area contributed by atoms with Gasteiger partial charge in [-0.05, 0) is 23.1 Å². The van der Waals surface area contributed by atoms with Crippen LogP contribution in [-0.2, 0) is 5.41 Å². The van der Waals surface area contributed by atoms with Crippen LogP contribution < -0.4 is 0 Å². The van der Waals surface area contributed by atoms with E-state index in [-0.39, 0.29) is 5.41 Å². The van der Waals surface area contributed by atoms with Crippen molar-refractivity contribution in [2.45, 2.75) is 26.2 Å². The number of rotatable bonds is 0. The number of pyridine rings is 1. The van der Waals surface area contributed by atoms with E-state index in [1.54, 1.807) is 12.5 Å². The Kier molecular flexibility index (Phi) is 1.65. The van der Waals surface area contributed by atoms with Crippen LogP contribution in [0.5, 0.6) is 0 Å². The Morgan fingerprint density at radius 3 is 2.69 bits per heavy atom. The number of furan rings is 1. The van der Waals surface area contributed by atoms with Crippen molar-refractivity contribution in [2.24, 2.45) is 0 Å². The molecule has 0 aromatic carbocycles. The van der Waals surface area contributed by atoms with Gasteiger partial charge in [0.2, 0.25) is 5.71 Å². The second kappa shape index (κ2) is 2.59. The summed E-state index contributed by atoms with van der Waals surface area (Å²) in [4.78, 5) is 4.15. The molecule has 0 N–H and O–H groups in total. The number of aromatic nitrogens is 1. The van der Waals surface area contributed by atoms with Crippen molar-refractivity contribution in [2.75, 3.05) is 0 Å². The predicted octanol–water partition coefficient (Wildman–Crippen LogP) is 3.13. The highest BCUT2D eigenvalue weighted by Gasteiger charge is 2.17. The topological polar surface area (TPSA) is 26.0 Å². The van der Waals surface area contributed by atoms with Gasteiger partial charge < -0.3 is 4.42 Å². The number of fused-ring (bicyclic) bond motifs is 1. The van der Waals surface area contributed by atoms with Gasteiger partial charge in [0.1, 0.15) is 0 Å². The van der Waals surface area contributed by atoms with Gasteiger partial charge in [0.15, 0.2) is 0 Å². The first-order valence-electron chi connectivity index (χ1n) is 4.42. The summed E-state index contributed by atoms with van der Waals surface area (Å²) in [6, 6.07) is 4.03. The quantitative estimate of drug-likeness (QED) is 0.614. The first-order chi connectivity index (χ1) is 6.09. The molecule has 0 unspecified atom stereocenters. The van der Waals surface area contributed by atoms with E-state index in [9.17, 15) is 0 Å². The van der Waals surface area contributed by atoms with Crippen molar-refractivity contribution < 1.29 is 4.42 Å². The lowest BCUT2D eigenvalue weighted by atomic mass is 9.86. The molecule has 0 aliphatic rings. The maximum atomic E-state index is 5.24. The zero-order chi connectivity index (χ0) is 9.47. The normalized spacial score (nSPS) is 12.2. The molecule has 0 bridgehead atoms. The molecule has 0 aliphatic carbocycles. The van der Waals surface area contributed by atoms with Crippen LogP contribution in [0.25, 0.3) is 11.1 Å². The molecule has 2 aromatic heterocycles. The molecular weight excluding hydrogens is 162 g/mol. The van der Waals surface area contributed by atoms with E-state index in [2.05, 4.69) is 31.8 Å². The number of nitrogens with zero attached hydrogens (tertiary/aromatic N) is 1. The molecule has 0 amide bonds. The van der Waals surface area contributed by atoms with E-state index in [1.807, 2.05) is 6.07 Å². The molecule has 13 heavy (non-hydrogen) atoms. The Morgan fingerprint density at radius 2 is 2.00 bits per heavy atom. The minimum atomic E-state index is 0.144. The fraction of sp³-hybridized carbons (Fsp3) is 0.364. The highest BCUT2D eigenvalue weighted by atomic mass is 16.3. The van der Waals surface area contributed by atoms with Crippen LogP contribution in [0, 0.1) is 0 Å². The standard InChI is InChI=1S/C11H13NO/c1-11(2,3)9-4-6-12-10-8(9)5-7-13-10/h4-7H,1-3H3. The Bertz CT molecular complexity index is 423. The van der Waals surface area contributed by atoms with Crippen molar-refractivity contribution >= 4 is 11.1 Å². The van der Waals surface area contributed by atoms with Crippen LogP contribution in [0.4, 0.5) is 0 Å². The molecule has 0 fully saturated rings. The van der Waals surface area contributed by atoms with E-state index >= 15 is 0 Å². The lowest BCUT2D eigenvalue weighted by molar-refractivity contribution is 0.587. The molecule has 2 heteroatoms. The van der Waals surface area contributed by atoms with Crippen LogP contribution in [0.3, 0.4) is 0 Å². The maximum Gasteiger partial charge on any atom is 0.226 e. The summed E-state index contributed by atoms with van der Waals surface area (Å²) in [7, 11) is 0. The van der Waals surface area contributed by atoms with Gasteiger partial charge in [-0.2, -0.15) is 0 Å². The van der Waals surface area contributed by atoms with Gasteiger partial charge in [0.25, 0.3) is 0 Å². The average molecular weight is 175 g/mol. The van der Waals surface area contributed by atoms with Crippen LogP contribution in [0.15, 0.2) is 29.0 Å². The molecule has 0 saturated carbocycles. The molecule has 0 spiro atoms. The fourth-order valence-electron chi connectivity index (χ4n) is 1.53. The monoisotopic (exact) mass is 175 g/mol. The Morgan fingerprint density at radius 1 is 1.23 bits per heavy atom. The molecule has 2 rings (SSSR count).